The van der Waals surface area contributed by atoms with Gasteiger partial charge in [0.25, 0.3) is 0 Å². The molecular formula is C23H18N6O. The molecule has 1 unspecified atom stereocenters. The van der Waals surface area contributed by atoms with Gasteiger partial charge >= 0.3 is 0 Å². The summed E-state index contributed by atoms with van der Waals surface area (Å²) >= 11 is 0. The second kappa shape index (κ2) is 7.33. The highest BCUT2D eigenvalue weighted by Gasteiger charge is 2.35. The summed E-state index contributed by atoms with van der Waals surface area (Å²) in [5.74, 6) is -0.475. The Kier molecular flexibility index (Phi) is 4.37. The SMILES string of the molecule is N#CC1=C(O)NC2=C(C(c3cnccn3)=CCC2)C1c1ccc(-n2ccnc2)cc1. The molecule has 5 rings (SSSR count). The molecule has 1 atom stereocenters. The van der Waals surface area contributed by atoms with Gasteiger partial charge in [-0.1, -0.05) is 18.2 Å². The summed E-state index contributed by atoms with van der Waals surface area (Å²) in [6, 6.07) is 10.2. The third kappa shape index (κ3) is 2.95. The Morgan fingerprint density at radius 2 is 2.00 bits per heavy atom. The largest absolute Gasteiger partial charge is 0.494 e. The lowest BCUT2D eigenvalue weighted by Gasteiger charge is -2.33. The summed E-state index contributed by atoms with van der Waals surface area (Å²) in [6.07, 6.45) is 14.1. The average Bonchev–Trinajstić information content (AvgIpc) is 3.33. The van der Waals surface area contributed by atoms with Gasteiger partial charge in [-0.3, -0.25) is 9.97 Å². The van der Waals surface area contributed by atoms with E-state index in [1.807, 2.05) is 35.0 Å². The van der Waals surface area contributed by atoms with Gasteiger partial charge in [-0.25, -0.2) is 4.98 Å². The highest BCUT2D eigenvalue weighted by Crippen LogP contribution is 2.46. The molecule has 7 heteroatoms. The Bertz CT molecular complexity index is 1210. The summed E-state index contributed by atoms with van der Waals surface area (Å²) in [5.41, 5.74) is 5.77. The molecule has 0 spiro atoms. The first-order valence-corrected chi connectivity index (χ1v) is 9.65. The quantitative estimate of drug-likeness (QED) is 0.701. The molecule has 0 bridgehead atoms. The second-order valence-electron chi connectivity index (χ2n) is 7.13. The molecule has 1 aliphatic heterocycles. The van der Waals surface area contributed by atoms with Crippen LogP contribution in [0.25, 0.3) is 11.3 Å². The first-order valence-electron chi connectivity index (χ1n) is 9.65. The van der Waals surface area contributed by atoms with Crippen LogP contribution in [-0.4, -0.2) is 24.6 Å². The van der Waals surface area contributed by atoms with Gasteiger partial charge in [0.1, 0.15) is 11.6 Å². The van der Waals surface area contributed by atoms with Crippen LogP contribution in [0.5, 0.6) is 0 Å². The first-order chi connectivity index (χ1) is 14.8. The number of benzene rings is 1. The van der Waals surface area contributed by atoms with Gasteiger partial charge in [0.15, 0.2) is 0 Å². The predicted molar refractivity (Wildman–Crippen MR) is 111 cm³/mol. The molecule has 0 fully saturated rings. The molecule has 7 nitrogen and oxygen atoms in total. The molecule has 1 aromatic carbocycles. The van der Waals surface area contributed by atoms with Crippen molar-refractivity contribution in [2.75, 3.05) is 0 Å². The Hall–Kier alpha value is -4.18. The smallest absolute Gasteiger partial charge is 0.203 e. The number of hydrogen-bond donors (Lipinski definition) is 2. The number of allylic oxidation sites excluding steroid dienone is 5. The van der Waals surface area contributed by atoms with Gasteiger partial charge in [0.05, 0.1) is 24.1 Å². The normalized spacial score (nSPS) is 18.4. The number of aliphatic hydroxyl groups excluding tert-OH is 1. The maximum atomic E-state index is 10.6. The van der Waals surface area contributed by atoms with Crippen LogP contribution in [0.3, 0.4) is 0 Å². The lowest BCUT2D eigenvalue weighted by Crippen LogP contribution is -2.28. The standard InChI is InChI=1S/C23H18N6O/c24-12-18-21(15-4-6-16(7-5-15)29-11-10-26-14-29)22-17(20-13-25-8-9-27-20)2-1-3-19(22)28-23(18)30/h2,4-11,13-14,21,28,30H,1,3H2. The van der Waals surface area contributed by atoms with Crippen molar-refractivity contribution >= 4 is 5.57 Å². The Morgan fingerprint density at radius 3 is 2.70 bits per heavy atom. The molecule has 2 N–H and O–H groups in total. The highest BCUT2D eigenvalue weighted by molar-refractivity contribution is 5.83. The van der Waals surface area contributed by atoms with Crippen LogP contribution in [0.4, 0.5) is 0 Å². The van der Waals surface area contributed by atoms with Crippen molar-refractivity contribution in [2.24, 2.45) is 0 Å². The number of imidazole rings is 1. The van der Waals surface area contributed by atoms with Gasteiger partial charge in [0, 0.05) is 41.7 Å². The van der Waals surface area contributed by atoms with E-state index in [1.165, 1.54) is 0 Å². The van der Waals surface area contributed by atoms with Gasteiger partial charge in [-0.15, -0.1) is 0 Å². The summed E-state index contributed by atoms with van der Waals surface area (Å²) < 4.78 is 1.92. The summed E-state index contributed by atoms with van der Waals surface area (Å²) in [5, 5.41) is 23.5. The molecule has 0 amide bonds. The van der Waals surface area contributed by atoms with Crippen LogP contribution in [0.15, 0.2) is 90.4 Å². The highest BCUT2D eigenvalue weighted by atomic mass is 16.3. The van der Waals surface area contributed by atoms with Crippen LogP contribution in [-0.2, 0) is 0 Å². The third-order valence-corrected chi connectivity index (χ3v) is 5.45. The van der Waals surface area contributed by atoms with Crippen molar-refractivity contribution in [1.29, 1.82) is 5.26 Å². The van der Waals surface area contributed by atoms with Gasteiger partial charge in [0.2, 0.25) is 5.88 Å². The zero-order valence-corrected chi connectivity index (χ0v) is 16.0. The van der Waals surface area contributed by atoms with E-state index in [2.05, 4.69) is 32.4 Å². The van der Waals surface area contributed by atoms with Gasteiger partial charge < -0.3 is 15.0 Å². The molecular weight excluding hydrogens is 376 g/mol. The fraction of sp³-hybridized carbons (Fsp3) is 0.130. The lowest BCUT2D eigenvalue weighted by atomic mass is 9.75. The Labute approximate surface area is 173 Å². The van der Waals surface area contributed by atoms with E-state index in [9.17, 15) is 10.4 Å². The number of nitriles is 1. The van der Waals surface area contributed by atoms with E-state index in [4.69, 9.17) is 0 Å². The molecule has 1 aliphatic carbocycles. The molecule has 3 heterocycles. The Morgan fingerprint density at radius 1 is 1.13 bits per heavy atom. The average molecular weight is 394 g/mol. The number of nitrogens with one attached hydrogen (secondary N) is 1. The topological polar surface area (TPSA) is 99.6 Å². The predicted octanol–water partition coefficient (Wildman–Crippen LogP) is 3.77. The minimum atomic E-state index is -0.392. The monoisotopic (exact) mass is 394 g/mol. The number of hydrogen-bond acceptors (Lipinski definition) is 6. The van der Waals surface area contributed by atoms with Crippen molar-refractivity contribution in [3.05, 3.63) is 102 Å². The van der Waals surface area contributed by atoms with Crippen molar-refractivity contribution < 1.29 is 5.11 Å². The fourth-order valence-corrected chi connectivity index (χ4v) is 4.10. The molecule has 0 radical (unpaired) electrons. The van der Waals surface area contributed by atoms with Crippen LogP contribution in [0.1, 0.15) is 30.0 Å². The number of rotatable bonds is 3. The first kappa shape index (κ1) is 17.9. The van der Waals surface area contributed by atoms with Crippen molar-refractivity contribution in [3.63, 3.8) is 0 Å². The van der Waals surface area contributed by atoms with Crippen LogP contribution < -0.4 is 5.32 Å². The van der Waals surface area contributed by atoms with E-state index in [1.54, 1.807) is 31.1 Å². The number of aliphatic hydroxyl groups is 1. The van der Waals surface area contributed by atoms with Gasteiger partial charge in [-0.05, 0) is 36.1 Å². The van der Waals surface area contributed by atoms with E-state index < -0.39 is 5.92 Å². The molecule has 2 aliphatic rings. The minimum absolute atomic E-state index is 0.0830. The maximum Gasteiger partial charge on any atom is 0.203 e. The maximum absolute atomic E-state index is 10.6. The summed E-state index contributed by atoms with van der Waals surface area (Å²) in [4.78, 5) is 12.8. The van der Waals surface area contributed by atoms with Crippen molar-refractivity contribution in [1.82, 2.24) is 24.8 Å². The molecule has 0 saturated heterocycles. The molecule has 3 aromatic rings. The molecule has 2 aromatic heterocycles. The number of dihydropyridines is 1. The number of aromatic nitrogens is 4. The van der Waals surface area contributed by atoms with Crippen molar-refractivity contribution in [3.8, 4) is 11.8 Å². The molecule has 0 saturated carbocycles. The van der Waals surface area contributed by atoms with Crippen molar-refractivity contribution in [2.45, 2.75) is 18.8 Å². The zero-order valence-electron chi connectivity index (χ0n) is 16.0. The Balaban J connectivity index is 1.63. The number of nitrogens with zero attached hydrogens (tertiary/aromatic N) is 5. The van der Waals surface area contributed by atoms with Gasteiger partial charge in [-0.2, -0.15) is 5.26 Å². The molecule has 30 heavy (non-hydrogen) atoms. The minimum Gasteiger partial charge on any atom is -0.494 e. The van der Waals surface area contributed by atoms with E-state index in [0.29, 0.717) is 5.57 Å². The summed E-state index contributed by atoms with van der Waals surface area (Å²) in [7, 11) is 0. The second-order valence-corrected chi connectivity index (χ2v) is 7.13. The van der Waals surface area contributed by atoms with Crippen LogP contribution >= 0.6 is 0 Å². The van der Waals surface area contributed by atoms with E-state index >= 15 is 0 Å². The van der Waals surface area contributed by atoms with E-state index in [0.717, 1.165) is 46.6 Å². The summed E-state index contributed by atoms with van der Waals surface area (Å²) in [6.45, 7) is 0. The van der Waals surface area contributed by atoms with Crippen LogP contribution in [0.2, 0.25) is 0 Å². The lowest BCUT2D eigenvalue weighted by molar-refractivity contribution is 0.361. The molecule has 146 valence electrons. The third-order valence-electron chi connectivity index (χ3n) is 5.45. The van der Waals surface area contributed by atoms with E-state index in [-0.39, 0.29) is 5.88 Å². The zero-order chi connectivity index (χ0) is 20.5. The van der Waals surface area contributed by atoms with Crippen LogP contribution in [0, 0.1) is 11.3 Å². The fourth-order valence-electron chi connectivity index (χ4n) is 4.10.